The van der Waals surface area contributed by atoms with E-state index in [0.29, 0.717) is 10.6 Å². The van der Waals surface area contributed by atoms with E-state index < -0.39 is 10.0 Å². The lowest BCUT2D eigenvalue weighted by Gasteiger charge is -2.12. The molecule has 0 fully saturated rings. The van der Waals surface area contributed by atoms with Gasteiger partial charge in [-0.15, -0.1) is 11.3 Å². The SMILES string of the molecule is CCc1ccc(S(=O)(=O)NC(C)Cc2ccoc2)s1. The Morgan fingerprint density at radius 3 is 2.74 bits per heavy atom. The summed E-state index contributed by atoms with van der Waals surface area (Å²) < 4.78 is 32.4. The largest absolute Gasteiger partial charge is 0.472 e. The van der Waals surface area contributed by atoms with Gasteiger partial charge in [0.15, 0.2) is 0 Å². The van der Waals surface area contributed by atoms with Crippen LogP contribution in [0.3, 0.4) is 0 Å². The van der Waals surface area contributed by atoms with Gasteiger partial charge in [-0.1, -0.05) is 6.92 Å². The summed E-state index contributed by atoms with van der Waals surface area (Å²) >= 11 is 1.32. The van der Waals surface area contributed by atoms with Gasteiger partial charge in [0.05, 0.1) is 12.5 Å². The smallest absolute Gasteiger partial charge is 0.250 e. The first-order chi connectivity index (χ1) is 9.01. The molecule has 0 amide bonds. The lowest BCUT2D eigenvalue weighted by Crippen LogP contribution is -2.33. The summed E-state index contributed by atoms with van der Waals surface area (Å²) in [7, 11) is -3.41. The van der Waals surface area contributed by atoms with E-state index in [-0.39, 0.29) is 6.04 Å². The Labute approximate surface area is 117 Å². The van der Waals surface area contributed by atoms with Crippen LogP contribution in [0.1, 0.15) is 24.3 Å². The van der Waals surface area contributed by atoms with Crippen molar-refractivity contribution in [2.24, 2.45) is 0 Å². The number of hydrogen-bond acceptors (Lipinski definition) is 4. The van der Waals surface area contributed by atoms with Crippen molar-refractivity contribution in [1.82, 2.24) is 4.72 Å². The Kier molecular flexibility index (Phi) is 4.44. The van der Waals surface area contributed by atoms with Gasteiger partial charge in [0.25, 0.3) is 0 Å². The van der Waals surface area contributed by atoms with Crippen molar-refractivity contribution in [2.45, 2.75) is 36.9 Å². The number of aryl methyl sites for hydroxylation is 1. The minimum absolute atomic E-state index is 0.172. The van der Waals surface area contributed by atoms with Gasteiger partial charge >= 0.3 is 0 Å². The topological polar surface area (TPSA) is 59.3 Å². The zero-order valence-electron chi connectivity index (χ0n) is 10.9. The number of furan rings is 1. The minimum atomic E-state index is -3.41. The van der Waals surface area contributed by atoms with Gasteiger partial charge in [-0.05, 0) is 43.5 Å². The highest BCUT2D eigenvalue weighted by Gasteiger charge is 2.19. The molecule has 0 saturated heterocycles. The summed E-state index contributed by atoms with van der Waals surface area (Å²) in [6.45, 7) is 3.86. The van der Waals surface area contributed by atoms with E-state index in [1.807, 2.05) is 26.0 Å². The molecule has 4 nitrogen and oxygen atoms in total. The highest BCUT2D eigenvalue weighted by Crippen LogP contribution is 2.22. The first kappa shape index (κ1) is 14.3. The average Bonchev–Trinajstić information content (AvgIpc) is 2.97. The fraction of sp³-hybridized carbons (Fsp3) is 0.385. The van der Waals surface area contributed by atoms with Gasteiger partial charge in [0, 0.05) is 10.9 Å². The summed E-state index contributed by atoms with van der Waals surface area (Å²) in [5, 5.41) is 0. The van der Waals surface area contributed by atoms with Crippen LogP contribution >= 0.6 is 11.3 Å². The summed E-state index contributed by atoms with van der Waals surface area (Å²) in [6, 6.07) is 5.19. The molecule has 0 saturated carbocycles. The van der Waals surface area contributed by atoms with Gasteiger partial charge in [0.2, 0.25) is 10.0 Å². The van der Waals surface area contributed by atoms with Crippen molar-refractivity contribution in [1.29, 1.82) is 0 Å². The van der Waals surface area contributed by atoms with E-state index in [2.05, 4.69) is 4.72 Å². The summed E-state index contributed by atoms with van der Waals surface area (Å²) in [5.74, 6) is 0. The number of sulfonamides is 1. The lowest BCUT2D eigenvalue weighted by molar-refractivity contribution is 0.550. The second-order valence-corrected chi connectivity index (χ2v) is 7.54. The number of hydrogen-bond donors (Lipinski definition) is 1. The fourth-order valence-electron chi connectivity index (χ4n) is 1.82. The number of thiophene rings is 1. The highest BCUT2D eigenvalue weighted by atomic mass is 32.2. The molecule has 2 aromatic rings. The predicted molar refractivity (Wildman–Crippen MR) is 75.9 cm³/mol. The number of rotatable bonds is 6. The number of nitrogens with one attached hydrogen (secondary N) is 1. The molecule has 1 N–H and O–H groups in total. The van der Waals surface area contributed by atoms with Gasteiger partial charge in [-0.25, -0.2) is 13.1 Å². The fourth-order valence-corrected chi connectivity index (χ4v) is 4.38. The summed E-state index contributed by atoms with van der Waals surface area (Å²) in [5.41, 5.74) is 0.982. The molecule has 0 aromatic carbocycles. The van der Waals surface area contributed by atoms with Crippen LogP contribution in [0.5, 0.6) is 0 Å². The van der Waals surface area contributed by atoms with E-state index in [1.54, 1.807) is 18.6 Å². The molecule has 19 heavy (non-hydrogen) atoms. The Balaban J connectivity index is 2.04. The monoisotopic (exact) mass is 299 g/mol. The molecule has 0 spiro atoms. The van der Waals surface area contributed by atoms with Gasteiger partial charge < -0.3 is 4.42 Å². The van der Waals surface area contributed by atoms with Crippen LogP contribution in [-0.4, -0.2) is 14.5 Å². The Bertz CT molecular complexity index is 614. The third-order valence-electron chi connectivity index (χ3n) is 2.73. The third-order valence-corrected chi connectivity index (χ3v) is 6.04. The molecule has 1 unspecified atom stereocenters. The van der Waals surface area contributed by atoms with Crippen molar-refractivity contribution in [3.63, 3.8) is 0 Å². The van der Waals surface area contributed by atoms with Crippen molar-refractivity contribution >= 4 is 21.4 Å². The molecular weight excluding hydrogens is 282 g/mol. The molecule has 6 heteroatoms. The zero-order valence-corrected chi connectivity index (χ0v) is 12.6. The molecule has 0 aliphatic heterocycles. The maximum Gasteiger partial charge on any atom is 0.250 e. The second-order valence-electron chi connectivity index (χ2n) is 4.43. The molecule has 2 aromatic heterocycles. The molecule has 0 bridgehead atoms. The average molecular weight is 299 g/mol. The van der Waals surface area contributed by atoms with Crippen molar-refractivity contribution in [3.05, 3.63) is 41.2 Å². The predicted octanol–water partition coefficient (Wildman–Crippen LogP) is 2.81. The highest BCUT2D eigenvalue weighted by molar-refractivity contribution is 7.91. The Morgan fingerprint density at radius 1 is 1.37 bits per heavy atom. The van der Waals surface area contributed by atoms with Crippen LogP contribution in [-0.2, 0) is 22.9 Å². The van der Waals surface area contributed by atoms with E-state index in [9.17, 15) is 8.42 Å². The summed E-state index contributed by atoms with van der Waals surface area (Å²) in [4.78, 5) is 1.07. The normalized spacial score (nSPS) is 13.6. The Morgan fingerprint density at radius 2 is 2.16 bits per heavy atom. The van der Waals surface area contributed by atoms with E-state index in [1.165, 1.54) is 11.3 Å². The van der Waals surface area contributed by atoms with Crippen molar-refractivity contribution < 1.29 is 12.8 Å². The first-order valence-corrected chi connectivity index (χ1v) is 8.43. The minimum Gasteiger partial charge on any atom is -0.472 e. The van der Waals surface area contributed by atoms with Crippen LogP contribution in [0.25, 0.3) is 0 Å². The van der Waals surface area contributed by atoms with Gasteiger partial charge in [0.1, 0.15) is 4.21 Å². The molecule has 2 heterocycles. The molecule has 0 aliphatic carbocycles. The van der Waals surface area contributed by atoms with Crippen molar-refractivity contribution in [2.75, 3.05) is 0 Å². The zero-order chi connectivity index (χ0) is 13.9. The van der Waals surface area contributed by atoms with Gasteiger partial charge in [-0.2, -0.15) is 0 Å². The van der Waals surface area contributed by atoms with Crippen LogP contribution < -0.4 is 4.72 Å². The van der Waals surface area contributed by atoms with E-state index >= 15 is 0 Å². The summed E-state index contributed by atoms with van der Waals surface area (Å²) in [6.07, 6.45) is 4.68. The lowest BCUT2D eigenvalue weighted by atomic mass is 10.1. The quantitative estimate of drug-likeness (QED) is 0.892. The van der Waals surface area contributed by atoms with Crippen molar-refractivity contribution in [3.8, 4) is 0 Å². The van der Waals surface area contributed by atoms with Gasteiger partial charge in [-0.3, -0.25) is 0 Å². The molecule has 2 rings (SSSR count). The van der Waals surface area contributed by atoms with Crippen LogP contribution in [0.2, 0.25) is 0 Å². The maximum atomic E-state index is 12.2. The third kappa shape index (κ3) is 3.68. The molecule has 0 aliphatic rings. The standard InChI is InChI=1S/C13H17NO3S2/c1-3-12-4-5-13(18-12)19(15,16)14-10(2)8-11-6-7-17-9-11/h4-7,9-10,14H,3,8H2,1-2H3. The second kappa shape index (κ2) is 5.90. The molecular formula is C13H17NO3S2. The van der Waals surface area contributed by atoms with E-state index in [0.717, 1.165) is 16.9 Å². The maximum absolute atomic E-state index is 12.2. The van der Waals surface area contributed by atoms with Crippen LogP contribution in [0, 0.1) is 0 Å². The molecule has 104 valence electrons. The molecule has 1 atom stereocenters. The van der Waals surface area contributed by atoms with Crippen LogP contribution in [0.15, 0.2) is 39.4 Å². The Hall–Kier alpha value is -1.11. The first-order valence-electron chi connectivity index (χ1n) is 6.13. The van der Waals surface area contributed by atoms with Crippen LogP contribution in [0.4, 0.5) is 0 Å². The molecule has 0 radical (unpaired) electrons. The van der Waals surface area contributed by atoms with E-state index in [4.69, 9.17) is 4.42 Å².